The fourth-order valence-corrected chi connectivity index (χ4v) is 5.16. The molecular weight excluding hydrogens is 368 g/mol. The van der Waals surface area contributed by atoms with Crippen LogP contribution < -0.4 is 0 Å². The SMILES string of the molecule is CC(C)(C)c1cc(-c2ccccc2)cc(-c2cccc3sc4ccccc4c23)c1. The van der Waals surface area contributed by atoms with Crippen LogP contribution in [-0.2, 0) is 5.41 Å². The second kappa shape index (κ2) is 6.86. The Morgan fingerprint density at radius 1 is 0.586 bits per heavy atom. The summed E-state index contributed by atoms with van der Waals surface area (Å²) in [5.41, 5.74) is 6.62. The van der Waals surface area contributed by atoms with E-state index < -0.39 is 0 Å². The molecule has 0 N–H and O–H groups in total. The van der Waals surface area contributed by atoms with Crippen molar-refractivity contribution in [1.82, 2.24) is 0 Å². The van der Waals surface area contributed by atoms with Crippen molar-refractivity contribution in [2.45, 2.75) is 26.2 Å². The van der Waals surface area contributed by atoms with Crippen molar-refractivity contribution in [2.24, 2.45) is 0 Å². The lowest BCUT2D eigenvalue weighted by atomic mass is 9.83. The lowest BCUT2D eigenvalue weighted by molar-refractivity contribution is 0.591. The Morgan fingerprint density at radius 3 is 2.07 bits per heavy atom. The molecule has 1 heteroatoms. The molecule has 5 aromatic rings. The van der Waals surface area contributed by atoms with Crippen molar-refractivity contribution in [3.63, 3.8) is 0 Å². The maximum absolute atomic E-state index is 2.38. The van der Waals surface area contributed by atoms with Gasteiger partial charge in [0.2, 0.25) is 0 Å². The molecule has 0 aliphatic carbocycles. The summed E-state index contributed by atoms with van der Waals surface area (Å²) in [6.07, 6.45) is 0. The highest BCUT2D eigenvalue weighted by Gasteiger charge is 2.18. The van der Waals surface area contributed by atoms with Gasteiger partial charge in [0.05, 0.1) is 0 Å². The van der Waals surface area contributed by atoms with Crippen LogP contribution in [-0.4, -0.2) is 0 Å². The van der Waals surface area contributed by atoms with Gasteiger partial charge < -0.3 is 0 Å². The summed E-state index contributed by atoms with van der Waals surface area (Å²) in [6, 6.07) is 33.3. The summed E-state index contributed by atoms with van der Waals surface area (Å²) in [4.78, 5) is 0. The molecule has 1 aromatic heterocycles. The van der Waals surface area contributed by atoms with E-state index in [-0.39, 0.29) is 5.41 Å². The minimum Gasteiger partial charge on any atom is -0.135 e. The predicted octanol–water partition coefficient (Wildman–Crippen LogP) is 8.69. The van der Waals surface area contributed by atoms with Gasteiger partial charge in [-0.1, -0.05) is 93.6 Å². The van der Waals surface area contributed by atoms with Crippen molar-refractivity contribution < 1.29 is 0 Å². The number of benzene rings is 4. The topological polar surface area (TPSA) is 0 Å². The summed E-state index contributed by atoms with van der Waals surface area (Å²) in [6.45, 7) is 6.88. The average Bonchev–Trinajstić information content (AvgIpc) is 3.12. The Labute approximate surface area is 176 Å². The zero-order valence-corrected chi connectivity index (χ0v) is 17.9. The fraction of sp³-hybridized carbons (Fsp3) is 0.143. The van der Waals surface area contributed by atoms with Crippen LogP contribution in [0.2, 0.25) is 0 Å². The minimum absolute atomic E-state index is 0.0875. The molecule has 0 saturated heterocycles. The van der Waals surface area contributed by atoms with E-state index in [9.17, 15) is 0 Å². The molecule has 0 aliphatic heterocycles. The molecule has 0 radical (unpaired) electrons. The molecule has 142 valence electrons. The Hall–Kier alpha value is -2.90. The third-order valence-electron chi connectivity index (χ3n) is 5.62. The van der Waals surface area contributed by atoms with Gasteiger partial charge in [-0.25, -0.2) is 0 Å². The first-order chi connectivity index (χ1) is 14.0. The molecule has 29 heavy (non-hydrogen) atoms. The quantitative estimate of drug-likeness (QED) is 0.282. The van der Waals surface area contributed by atoms with Crippen LogP contribution in [0, 0.1) is 0 Å². The summed E-state index contributed by atoms with van der Waals surface area (Å²) >= 11 is 1.88. The van der Waals surface area contributed by atoms with Gasteiger partial charge >= 0.3 is 0 Å². The van der Waals surface area contributed by atoms with Gasteiger partial charge in [-0.2, -0.15) is 0 Å². The van der Waals surface area contributed by atoms with Gasteiger partial charge in [0.15, 0.2) is 0 Å². The molecule has 0 unspecified atom stereocenters. The van der Waals surface area contributed by atoms with Crippen molar-refractivity contribution in [1.29, 1.82) is 0 Å². The fourth-order valence-electron chi connectivity index (χ4n) is 4.03. The Bertz CT molecular complexity index is 1320. The Balaban J connectivity index is 1.82. The molecule has 0 bridgehead atoms. The van der Waals surface area contributed by atoms with Crippen LogP contribution in [0.1, 0.15) is 26.3 Å². The van der Waals surface area contributed by atoms with Gasteiger partial charge in [0.1, 0.15) is 0 Å². The molecule has 0 spiro atoms. The van der Waals surface area contributed by atoms with Crippen LogP contribution in [0.25, 0.3) is 42.4 Å². The molecule has 4 aromatic carbocycles. The van der Waals surface area contributed by atoms with Crippen molar-refractivity contribution in [2.75, 3.05) is 0 Å². The van der Waals surface area contributed by atoms with Crippen LogP contribution in [0.5, 0.6) is 0 Å². The molecule has 0 saturated carbocycles. The smallest absolute Gasteiger partial charge is 0.0361 e. The van der Waals surface area contributed by atoms with E-state index in [2.05, 4.69) is 112 Å². The van der Waals surface area contributed by atoms with Crippen LogP contribution >= 0.6 is 11.3 Å². The van der Waals surface area contributed by atoms with Gasteiger partial charge in [-0.05, 0) is 51.4 Å². The lowest BCUT2D eigenvalue weighted by Gasteiger charge is -2.22. The molecule has 0 aliphatic rings. The third-order valence-corrected chi connectivity index (χ3v) is 6.76. The number of hydrogen-bond donors (Lipinski definition) is 0. The van der Waals surface area contributed by atoms with E-state index in [4.69, 9.17) is 0 Å². The van der Waals surface area contributed by atoms with E-state index in [0.717, 1.165) is 0 Å². The van der Waals surface area contributed by atoms with E-state index in [0.29, 0.717) is 0 Å². The van der Waals surface area contributed by atoms with E-state index >= 15 is 0 Å². The second-order valence-electron chi connectivity index (χ2n) is 8.69. The number of rotatable bonds is 2. The standard InChI is InChI=1S/C28H24S/c1-28(2,3)22-17-20(19-10-5-4-6-11-19)16-21(18-22)23-13-9-15-26-27(23)24-12-7-8-14-25(24)29-26/h4-18H,1-3H3. The first-order valence-corrected chi connectivity index (χ1v) is 10.9. The normalized spacial score (nSPS) is 12.0. The Kier molecular flexibility index (Phi) is 4.29. The van der Waals surface area contributed by atoms with Gasteiger partial charge in [0, 0.05) is 20.2 Å². The number of thiophene rings is 1. The third kappa shape index (κ3) is 3.26. The largest absolute Gasteiger partial charge is 0.135 e. The molecule has 1 heterocycles. The summed E-state index contributed by atoms with van der Waals surface area (Å²) in [5, 5.41) is 2.73. The average molecular weight is 393 g/mol. The number of fused-ring (bicyclic) bond motifs is 3. The highest BCUT2D eigenvalue weighted by atomic mass is 32.1. The lowest BCUT2D eigenvalue weighted by Crippen LogP contribution is -2.11. The van der Waals surface area contributed by atoms with Crippen molar-refractivity contribution in [3.05, 3.63) is 96.6 Å². The second-order valence-corrected chi connectivity index (χ2v) is 9.78. The highest BCUT2D eigenvalue weighted by Crippen LogP contribution is 2.41. The summed E-state index contributed by atoms with van der Waals surface area (Å²) in [7, 11) is 0. The minimum atomic E-state index is 0.0875. The van der Waals surface area contributed by atoms with Gasteiger partial charge in [0.25, 0.3) is 0 Å². The maximum Gasteiger partial charge on any atom is 0.0361 e. The molecule has 5 rings (SSSR count). The Morgan fingerprint density at radius 2 is 1.28 bits per heavy atom. The molecule has 0 nitrogen and oxygen atoms in total. The molecule has 0 amide bonds. The van der Waals surface area contributed by atoms with Gasteiger partial charge in [-0.15, -0.1) is 11.3 Å². The monoisotopic (exact) mass is 392 g/mol. The highest BCUT2D eigenvalue weighted by molar-refractivity contribution is 7.25. The first-order valence-electron chi connectivity index (χ1n) is 10.1. The van der Waals surface area contributed by atoms with Crippen LogP contribution in [0.4, 0.5) is 0 Å². The van der Waals surface area contributed by atoms with Crippen LogP contribution in [0.3, 0.4) is 0 Å². The zero-order valence-electron chi connectivity index (χ0n) is 17.1. The molecular formula is C28H24S. The maximum atomic E-state index is 2.38. The van der Waals surface area contributed by atoms with E-state index in [1.807, 2.05) is 11.3 Å². The number of hydrogen-bond acceptors (Lipinski definition) is 1. The zero-order chi connectivity index (χ0) is 20.0. The molecule has 0 atom stereocenters. The van der Waals surface area contributed by atoms with Gasteiger partial charge in [-0.3, -0.25) is 0 Å². The van der Waals surface area contributed by atoms with E-state index in [1.54, 1.807) is 0 Å². The van der Waals surface area contributed by atoms with Crippen molar-refractivity contribution in [3.8, 4) is 22.3 Å². The van der Waals surface area contributed by atoms with E-state index in [1.165, 1.54) is 48.0 Å². The van der Waals surface area contributed by atoms with Crippen molar-refractivity contribution >= 4 is 31.5 Å². The summed E-state index contributed by atoms with van der Waals surface area (Å²) in [5.74, 6) is 0. The predicted molar refractivity (Wildman–Crippen MR) is 129 cm³/mol. The summed E-state index contributed by atoms with van der Waals surface area (Å²) < 4.78 is 2.70. The first kappa shape index (κ1) is 18.1. The van der Waals surface area contributed by atoms with Crippen LogP contribution in [0.15, 0.2) is 91.0 Å². The molecule has 0 fully saturated rings.